The maximum atomic E-state index is 10.9. The van der Waals surface area contributed by atoms with Crippen molar-refractivity contribution in [1.29, 1.82) is 0 Å². The van der Waals surface area contributed by atoms with Gasteiger partial charge in [-0.3, -0.25) is 0 Å². The number of aromatic nitrogens is 2. The maximum absolute atomic E-state index is 10.9. The van der Waals surface area contributed by atoms with E-state index in [1.165, 1.54) is 0 Å². The number of hydrogen-bond acceptors (Lipinski definition) is 5. The van der Waals surface area contributed by atoms with Crippen LogP contribution < -0.4 is 0 Å². The molecule has 0 saturated heterocycles. The molecule has 6 heteroatoms. The van der Waals surface area contributed by atoms with Gasteiger partial charge in [-0.15, -0.1) is 0 Å². The molecule has 2 atom stereocenters. The Morgan fingerprint density at radius 3 is 2.45 bits per heavy atom. The van der Waals surface area contributed by atoms with Crippen LogP contribution in [0.1, 0.15) is 31.4 Å². The molecular weight excluding hydrogens is 416 g/mol. The van der Waals surface area contributed by atoms with Gasteiger partial charge in [-0.05, 0) is 37.2 Å². The average molecular weight is 443 g/mol. The number of carboxylic acid groups (broad SMARTS) is 1. The van der Waals surface area contributed by atoms with Crippen molar-refractivity contribution in [2.24, 2.45) is 5.92 Å². The van der Waals surface area contributed by atoms with Gasteiger partial charge in [0.05, 0.1) is 17.2 Å². The molecule has 2 aromatic heterocycles. The minimum Gasteiger partial charge on any atom is -0.480 e. The van der Waals surface area contributed by atoms with E-state index in [4.69, 9.17) is 14.3 Å². The highest BCUT2D eigenvalue weighted by molar-refractivity contribution is 6.01. The Balaban J connectivity index is 1.54. The van der Waals surface area contributed by atoms with Crippen molar-refractivity contribution in [1.82, 2.24) is 9.97 Å². The van der Waals surface area contributed by atoms with Gasteiger partial charge in [-0.2, -0.15) is 0 Å². The van der Waals surface area contributed by atoms with Gasteiger partial charge in [0, 0.05) is 11.1 Å². The lowest BCUT2D eigenvalue weighted by Gasteiger charge is -2.28. The van der Waals surface area contributed by atoms with Gasteiger partial charge >= 0.3 is 5.97 Å². The fraction of sp³-hybridized carbons (Fsp3) is 0.296. The number of rotatable bonds is 7. The van der Waals surface area contributed by atoms with Gasteiger partial charge < -0.3 is 14.3 Å². The van der Waals surface area contributed by atoms with E-state index in [2.05, 4.69) is 22.1 Å². The van der Waals surface area contributed by atoms with Crippen molar-refractivity contribution >= 4 is 17.1 Å². The first-order chi connectivity index (χ1) is 16.2. The summed E-state index contributed by atoms with van der Waals surface area (Å²) in [4.78, 5) is 20.1. The molecule has 1 aliphatic carbocycles. The molecule has 0 spiro atoms. The molecule has 6 nitrogen and oxygen atoms in total. The molecule has 0 radical (unpaired) electrons. The zero-order chi connectivity index (χ0) is 22.6. The van der Waals surface area contributed by atoms with Crippen molar-refractivity contribution in [3.8, 4) is 22.5 Å². The Labute approximate surface area is 192 Å². The third-order valence-electron chi connectivity index (χ3n) is 6.32. The lowest BCUT2D eigenvalue weighted by atomic mass is 9.83. The highest BCUT2D eigenvalue weighted by Gasteiger charge is 2.27. The van der Waals surface area contributed by atoms with Crippen LogP contribution in [-0.4, -0.2) is 33.8 Å². The van der Waals surface area contributed by atoms with Crippen LogP contribution in [0.2, 0.25) is 0 Å². The van der Waals surface area contributed by atoms with Crippen LogP contribution in [0.3, 0.4) is 0 Å². The third kappa shape index (κ3) is 4.66. The highest BCUT2D eigenvalue weighted by atomic mass is 16.5. The molecule has 168 valence electrons. The SMILES string of the molecule is O=C(O)COC1CCC[C@H](Cc2ncnc3oc(-c4ccccc4)c(-c4ccccc4)c23)C1. The van der Waals surface area contributed by atoms with Crippen molar-refractivity contribution in [3.63, 3.8) is 0 Å². The molecule has 2 heterocycles. The lowest BCUT2D eigenvalue weighted by molar-refractivity contribution is -0.145. The Kier molecular flexibility index (Phi) is 6.17. The fourth-order valence-corrected chi connectivity index (χ4v) is 4.86. The van der Waals surface area contributed by atoms with Gasteiger partial charge in [-0.1, -0.05) is 67.1 Å². The largest absolute Gasteiger partial charge is 0.480 e. The van der Waals surface area contributed by atoms with Crippen LogP contribution in [0, 0.1) is 5.92 Å². The molecule has 1 fully saturated rings. The number of hydrogen-bond donors (Lipinski definition) is 1. The summed E-state index contributed by atoms with van der Waals surface area (Å²) in [6.07, 6.45) is 6.17. The number of aliphatic carboxylic acids is 1. The summed E-state index contributed by atoms with van der Waals surface area (Å²) in [5, 5.41) is 9.90. The van der Waals surface area contributed by atoms with E-state index in [0.29, 0.717) is 11.6 Å². The second-order valence-electron chi connectivity index (χ2n) is 8.60. The van der Waals surface area contributed by atoms with Gasteiger partial charge in [0.15, 0.2) is 0 Å². The Morgan fingerprint density at radius 2 is 1.73 bits per heavy atom. The first-order valence-corrected chi connectivity index (χ1v) is 11.4. The van der Waals surface area contributed by atoms with E-state index < -0.39 is 5.97 Å². The van der Waals surface area contributed by atoms with E-state index in [9.17, 15) is 4.79 Å². The highest BCUT2D eigenvalue weighted by Crippen LogP contribution is 2.42. The standard InChI is InChI=1S/C27H26N2O4/c30-23(31)16-32-21-13-7-8-18(14-21)15-22-25-24(19-9-3-1-4-10-19)26(20-11-5-2-6-12-20)33-27(25)29-17-28-22/h1-6,9-12,17-18,21H,7-8,13-16H2,(H,30,31)/t18-,21?/m0/s1. The number of fused-ring (bicyclic) bond motifs is 1. The molecular formula is C27H26N2O4. The summed E-state index contributed by atoms with van der Waals surface area (Å²) in [6, 6.07) is 20.3. The molecule has 0 aliphatic heterocycles. The summed E-state index contributed by atoms with van der Waals surface area (Å²) < 4.78 is 11.9. The van der Waals surface area contributed by atoms with Crippen LogP contribution in [0.4, 0.5) is 0 Å². The monoisotopic (exact) mass is 442 g/mol. The average Bonchev–Trinajstić information content (AvgIpc) is 3.25. The smallest absolute Gasteiger partial charge is 0.329 e. The molecule has 33 heavy (non-hydrogen) atoms. The molecule has 1 N–H and O–H groups in total. The van der Waals surface area contributed by atoms with E-state index in [0.717, 1.165) is 65.6 Å². The molecule has 0 bridgehead atoms. The Hall–Kier alpha value is -3.51. The molecule has 4 aromatic rings. The zero-order valence-electron chi connectivity index (χ0n) is 18.3. The minimum atomic E-state index is -0.922. The number of ether oxygens (including phenoxy) is 1. The number of carboxylic acids is 1. The lowest BCUT2D eigenvalue weighted by Crippen LogP contribution is -2.26. The predicted molar refractivity (Wildman–Crippen MR) is 126 cm³/mol. The van der Waals surface area contributed by atoms with E-state index in [-0.39, 0.29) is 12.7 Å². The van der Waals surface area contributed by atoms with Crippen LogP contribution in [0.25, 0.3) is 33.6 Å². The molecule has 1 aliphatic rings. The van der Waals surface area contributed by atoms with Crippen molar-refractivity contribution in [2.45, 2.75) is 38.2 Å². The normalized spacial score (nSPS) is 18.4. The van der Waals surface area contributed by atoms with Crippen LogP contribution in [0.15, 0.2) is 71.4 Å². The van der Waals surface area contributed by atoms with Crippen molar-refractivity contribution < 1.29 is 19.1 Å². The minimum absolute atomic E-state index is 0.0185. The summed E-state index contributed by atoms with van der Waals surface area (Å²) in [6.45, 7) is -0.241. The summed E-state index contributed by atoms with van der Waals surface area (Å²) >= 11 is 0. The van der Waals surface area contributed by atoms with Crippen LogP contribution in [0.5, 0.6) is 0 Å². The summed E-state index contributed by atoms with van der Waals surface area (Å²) in [5.74, 6) is 0.244. The Bertz CT molecular complexity index is 1240. The zero-order valence-corrected chi connectivity index (χ0v) is 18.3. The maximum Gasteiger partial charge on any atom is 0.329 e. The van der Waals surface area contributed by atoms with Gasteiger partial charge in [0.2, 0.25) is 5.71 Å². The quantitative estimate of drug-likeness (QED) is 0.392. The molecule has 2 aromatic carbocycles. The number of benzene rings is 2. The van der Waals surface area contributed by atoms with Gasteiger partial charge in [0.25, 0.3) is 0 Å². The molecule has 1 saturated carbocycles. The van der Waals surface area contributed by atoms with Gasteiger partial charge in [0.1, 0.15) is 18.7 Å². The molecule has 5 rings (SSSR count). The van der Waals surface area contributed by atoms with Crippen molar-refractivity contribution in [2.75, 3.05) is 6.61 Å². The van der Waals surface area contributed by atoms with Gasteiger partial charge in [-0.25, -0.2) is 14.8 Å². The van der Waals surface area contributed by atoms with E-state index in [1.54, 1.807) is 6.33 Å². The molecule has 1 unspecified atom stereocenters. The number of carbonyl (C=O) groups is 1. The number of nitrogens with zero attached hydrogens (tertiary/aromatic N) is 2. The van der Waals surface area contributed by atoms with E-state index in [1.807, 2.05) is 48.5 Å². The van der Waals surface area contributed by atoms with Crippen LogP contribution >= 0.6 is 0 Å². The van der Waals surface area contributed by atoms with Crippen LogP contribution in [-0.2, 0) is 16.0 Å². The summed E-state index contributed by atoms with van der Waals surface area (Å²) in [7, 11) is 0. The third-order valence-corrected chi connectivity index (χ3v) is 6.32. The molecule has 0 amide bonds. The van der Waals surface area contributed by atoms with E-state index >= 15 is 0 Å². The predicted octanol–water partition coefficient (Wildman–Crippen LogP) is 5.76. The first-order valence-electron chi connectivity index (χ1n) is 11.4. The second-order valence-corrected chi connectivity index (χ2v) is 8.60. The summed E-state index contributed by atoms with van der Waals surface area (Å²) in [5.41, 5.74) is 4.64. The number of furan rings is 1. The Morgan fingerprint density at radius 1 is 1.00 bits per heavy atom. The van der Waals surface area contributed by atoms with Crippen molar-refractivity contribution in [3.05, 3.63) is 72.7 Å². The fourth-order valence-electron chi connectivity index (χ4n) is 4.86. The first kappa shape index (κ1) is 21.3. The topological polar surface area (TPSA) is 85.5 Å². The second kappa shape index (κ2) is 9.55.